The molecule has 6 heteroatoms. The monoisotopic (exact) mass is 348 g/mol. The highest BCUT2D eigenvalue weighted by molar-refractivity contribution is 6.53. The van der Waals surface area contributed by atoms with Gasteiger partial charge >= 0.3 is 0 Å². The number of rotatable bonds is 5. The molecule has 2 aliphatic rings. The number of piperidine rings is 1. The van der Waals surface area contributed by atoms with Gasteiger partial charge in [0.25, 0.3) is 5.91 Å². The molecule has 0 spiro atoms. The van der Waals surface area contributed by atoms with Crippen LogP contribution in [0, 0.1) is 5.92 Å². The van der Waals surface area contributed by atoms with Gasteiger partial charge in [-0.3, -0.25) is 9.59 Å². The molecule has 22 heavy (non-hydrogen) atoms. The van der Waals surface area contributed by atoms with Crippen LogP contribution in [-0.4, -0.2) is 40.7 Å². The maximum Gasteiger partial charge on any atom is 0.253 e. The first kappa shape index (κ1) is 17.9. The molecular weight excluding hydrogens is 323 g/mol. The van der Waals surface area contributed by atoms with Crippen LogP contribution in [0.2, 0.25) is 0 Å². The van der Waals surface area contributed by atoms with Crippen LogP contribution in [0.25, 0.3) is 0 Å². The van der Waals surface area contributed by atoms with Gasteiger partial charge in [0.2, 0.25) is 5.91 Å². The highest BCUT2D eigenvalue weighted by Crippen LogP contribution is 2.27. The van der Waals surface area contributed by atoms with Crippen molar-refractivity contribution in [3.05, 3.63) is 0 Å². The van der Waals surface area contributed by atoms with Crippen LogP contribution in [0.1, 0.15) is 57.8 Å². The Bertz CT molecular complexity index is 376. The summed E-state index contributed by atoms with van der Waals surface area (Å²) in [5, 5.41) is 2.82. The SMILES string of the molecule is O=C(NC1CCN(C(=O)CCC2CCCCC2)CC1)C(Cl)Cl. The number of hydrogen-bond acceptors (Lipinski definition) is 2. The average molecular weight is 349 g/mol. The third-order valence-corrected chi connectivity index (χ3v) is 5.28. The molecule has 2 fully saturated rings. The van der Waals surface area contributed by atoms with E-state index in [1.54, 1.807) is 0 Å². The highest BCUT2D eigenvalue weighted by Gasteiger charge is 2.25. The number of hydrogen-bond donors (Lipinski definition) is 1. The zero-order valence-electron chi connectivity index (χ0n) is 13.0. The summed E-state index contributed by atoms with van der Waals surface area (Å²) in [6, 6.07) is 0.0786. The zero-order chi connectivity index (χ0) is 15.9. The Morgan fingerprint density at radius 2 is 1.68 bits per heavy atom. The summed E-state index contributed by atoms with van der Waals surface area (Å²) in [6.07, 6.45) is 9.86. The van der Waals surface area contributed by atoms with Gasteiger partial charge in [0.05, 0.1) is 0 Å². The smallest absolute Gasteiger partial charge is 0.253 e. The van der Waals surface area contributed by atoms with Crippen LogP contribution in [0.15, 0.2) is 0 Å². The van der Waals surface area contributed by atoms with E-state index < -0.39 is 4.84 Å². The van der Waals surface area contributed by atoms with Crippen LogP contribution in [-0.2, 0) is 9.59 Å². The first-order valence-corrected chi connectivity index (χ1v) is 9.30. The lowest BCUT2D eigenvalue weighted by Gasteiger charge is -2.33. The van der Waals surface area contributed by atoms with E-state index in [1.165, 1.54) is 32.1 Å². The van der Waals surface area contributed by atoms with Gasteiger partial charge < -0.3 is 10.2 Å². The molecule has 1 heterocycles. The van der Waals surface area contributed by atoms with Gasteiger partial charge in [-0.05, 0) is 25.2 Å². The normalized spacial score (nSPS) is 21.1. The minimum atomic E-state index is -1.02. The lowest BCUT2D eigenvalue weighted by molar-refractivity contribution is -0.132. The Morgan fingerprint density at radius 3 is 2.27 bits per heavy atom. The number of nitrogens with zero attached hydrogens (tertiary/aromatic N) is 1. The van der Waals surface area contributed by atoms with Crippen LogP contribution >= 0.6 is 23.2 Å². The van der Waals surface area contributed by atoms with Gasteiger partial charge in [-0.2, -0.15) is 0 Å². The van der Waals surface area contributed by atoms with Crippen molar-refractivity contribution >= 4 is 35.0 Å². The number of nitrogens with one attached hydrogen (secondary N) is 1. The summed E-state index contributed by atoms with van der Waals surface area (Å²) < 4.78 is 0. The first-order chi connectivity index (χ1) is 10.6. The quantitative estimate of drug-likeness (QED) is 0.775. The summed E-state index contributed by atoms with van der Waals surface area (Å²) in [5.41, 5.74) is 0. The summed E-state index contributed by atoms with van der Waals surface area (Å²) in [6.45, 7) is 1.42. The Kier molecular flexibility index (Phi) is 7.29. The van der Waals surface area contributed by atoms with E-state index in [1.807, 2.05) is 4.90 Å². The Labute approximate surface area is 142 Å². The molecule has 0 aromatic carbocycles. The fraction of sp³-hybridized carbons (Fsp3) is 0.875. The minimum Gasteiger partial charge on any atom is -0.351 e. The van der Waals surface area contributed by atoms with Crippen molar-refractivity contribution in [3.63, 3.8) is 0 Å². The number of carbonyl (C=O) groups excluding carboxylic acids is 2. The van der Waals surface area contributed by atoms with Crippen LogP contribution in [0.3, 0.4) is 0 Å². The van der Waals surface area contributed by atoms with E-state index in [-0.39, 0.29) is 17.9 Å². The highest BCUT2D eigenvalue weighted by atomic mass is 35.5. The van der Waals surface area contributed by atoms with Gasteiger partial charge in [0.15, 0.2) is 4.84 Å². The van der Waals surface area contributed by atoms with E-state index in [2.05, 4.69) is 5.32 Å². The summed E-state index contributed by atoms with van der Waals surface area (Å²) in [4.78, 5) is 24.6. The molecule has 0 aromatic rings. The van der Waals surface area contributed by atoms with Crippen molar-refractivity contribution < 1.29 is 9.59 Å². The Morgan fingerprint density at radius 1 is 1.05 bits per heavy atom. The Balaban J connectivity index is 1.65. The van der Waals surface area contributed by atoms with Crippen molar-refractivity contribution in [1.82, 2.24) is 10.2 Å². The van der Waals surface area contributed by atoms with E-state index in [0.717, 1.165) is 25.2 Å². The predicted octanol–water partition coefficient (Wildman–Crippen LogP) is 3.26. The third kappa shape index (κ3) is 5.62. The predicted molar refractivity (Wildman–Crippen MR) is 89.0 cm³/mol. The van der Waals surface area contributed by atoms with Crippen molar-refractivity contribution in [1.29, 1.82) is 0 Å². The number of amides is 2. The fourth-order valence-electron chi connectivity index (χ4n) is 3.50. The molecule has 2 amide bonds. The van der Waals surface area contributed by atoms with Gasteiger partial charge in [-0.1, -0.05) is 55.3 Å². The average Bonchev–Trinajstić information content (AvgIpc) is 2.54. The lowest BCUT2D eigenvalue weighted by Crippen LogP contribution is -2.47. The zero-order valence-corrected chi connectivity index (χ0v) is 14.5. The van der Waals surface area contributed by atoms with Crippen LogP contribution in [0.5, 0.6) is 0 Å². The number of halogens is 2. The van der Waals surface area contributed by atoms with Crippen molar-refractivity contribution in [2.75, 3.05) is 13.1 Å². The largest absolute Gasteiger partial charge is 0.351 e. The summed E-state index contributed by atoms with van der Waals surface area (Å²) >= 11 is 11.1. The molecule has 2 rings (SSSR count). The van der Waals surface area contributed by atoms with Gasteiger partial charge in [-0.25, -0.2) is 0 Å². The van der Waals surface area contributed by atoms with Gasteiger partial charge in [0.1, 0.15) is 0 Å². The third-order valence-electron chi connectivity index (χ3n) is 4.88. The van der Waals surface area contributed by atoms with E-state index in [9.17, 15) is 9.59 Å². The maximum absolute atomic E-state index is 12.3. The minimum absolute atomic E-state index is 0.0786. The molecule has 0 aromatic heterocycles. The topological polar surface area (TPSA) is 49.4 Å². The molecule has 1 saturated heterocycles. The molecule has 0 radical (unpaired) electrons. The second-order valence-corrected chi connectivity index (χ2v) is 7.60. The second kappa shape index (κ2) is 8.97. The number of carbonyl (C=O) groups is 2. The lowest BCUT2D eigenvalue weighted by atomic mass is 9.86. The van der Waals surface area contributed by atoms with Crippen LogP contribution < -0.4 is 5.32 Å². The second-order valence-electron chi connectivity index (χ2n) is 6.51. The van der Waals surface area contributed by atoms with Crippen LogP contribution in [0.4, 0.5) is 0 Å². The van der Waals surface area contributed by atoms with Crippen molar-refractivity contribution in [3.8, 4) is 0 Å². The molecule has 0 atom stereocenters. The van der Waals surface area contributed by atoms with Gasteiger partial charge in [0, 0.05) is 25.6 Å². The summed E-state index contributed by atoms with van der Waals surface area (Å²) in [5.74, 6) is 0.673. The first-order valence-electron chi connectivity index (χ1n) is 8.42. The number of alkyl halides is 2. The van der Waals surface area contributed by atoms with E-state index >= 15 is 0 Å². The molecule has 1 aliphatic heterocycles. The molecule has 1 aliphatic carbocycles. The standard InChI is InChI=1S/C16H26Cl2N2O2/c17-15(18)16(22)19-13-8-10-20(11-9-13)14(21)7-6-12-4-2-1-3-5-12/h12-13,15H,1-11H2,(H,19,22). The van der Waals surface area contributed by atoms with E-state index in [0.29, 0.717) is 19.5 Å². The summed E-state index contributed by atoms with van der Waals surface area (Å²) in [7, 11) is 0. The molecule has 126 valence electrons. The molecule has 4 nitrogen and oxygen atoms in total. The molecule has 0 bridgehead atoms. The van der Waals surface area contributed by atoms with E-state index in [4.69, 9.17) is 23.2 Å². The van der Waals surface area contributed by atoms with Crippen molar-refractivity contribution in [2.45, 2.75) is 68.7 Å². The van der Waals surface area contributed by atoms with Crippen molar-refractivity contribution in [2.24, 2.45) is 5.92 Å². The maximum atomic E-state index is 12.3. The molecule has 0 unspecified atom stereocenters. The molecular formula is C16H26Cl2N2O2. The fourth-order valence-corrected chi connectivity index (χ4v) is 3.62. The molecule has 1 saturated carbocycles. The Hall–Kier alpha value is -0.480. The molecule has 1 N–H and O–H groups in total. The van der Waals surface area contributed by atoms with Gasteiger partial charge in [-0.15, -0.1) is 0 Å². The number of likely N-dealkylation sites (tertiary alicyclic amines) is 1.